The van der Waals surface area contributed by atoms with Gasteiger partial charge in [-0.3, -0.25) is 0 Å². The number of rotatable bonds is 2. The van der Waals surface area contributed by atoms with Gasteiger partial charge in [0.25, 0.3) is 0 Å². The molecule has 5 nitrogen and oxygen atoms in total. The highest BCUT2D eigenvalue weighted by Crippen LogP contribution is 2.41. The van der Waals surface area contributed by atoms with Gasteiger partial charge in [0.15, 0.2) is 5.79 Å². The maximum Gasteiger partial charge on any atom is 0.244 e. The van der Waals surface area contributed by atoms with Crippen molar-refractivity contribution in [3.63, 3.8) is 0 Å². The number of halogens is 2. The lowest BCUT2D eigenvalue weighted by atomic mass is 9.82. The number of nitrogens with zero attached hydrogens (tertiary/aromatic N) is 1. The standard InChI is InChI=1S/C15H19Cl2NO4S/c1-10-4-13(12(17)5-11(10)16)23(19,20)18-6-15(7-18)8-21-14(2,3)22-9-15/h4-5H,6-9H2,1-3H3. The first-order chi connectivity index (χ1) is 10.5. The van der Waals surface area contributed by atoms with E-state index in [1.807, 2.05) is 13.8 Å². The van der Waals surface area contributed by atoms with Gasteiger partial charge in [-0.2, -0.15) is 4.31 Å². The lowest BCUT2D eigenvalue weighted by Gasteiger charge is -2.53. The van der Waals surface area contributed by atoms with Crippen LogP contribution in [0.3, 0.4) is 0 Å². The van der Waals surface area contributed by atoms with Gasteiger partial charge in [-0.25, -0.2) is 8.42 Å². The lowest BCUT2D eigenvalue weighted by molar-refractivity contribution is -0.299. The van der Waals surface area contributed by atoms with Crippen molar-refractivity contribution in [2.45, 2.75) is 31.5 Å². The Morgan fingerprint density at radius 3 is 2.22 bits per heavy atom. The Bertz CT molecular complexity index is 730. The Labute approximate surface area is 146 Å². The van der Waals surface area contributed by atoms with Crippen LogP contribution >= 0.6 is 23.2 Å². The third kappa shape index (κ3) is 3.13. The molecule has 0 saturated carbocycles. The van der Waals surface area contributed by atoms with Gasteiger partial charge in [0.05, 0.1) is 18.2 Å². The maximum atomic E-state index is 12.8. The highest BCUT2D eigenvalue weighted by molar-refractivity contribution is 7.89. The van der Waals surface area contributed by atoms with Crippen LogP contribution in [0.4, 0.5) is 0 Å². The molecule has 0 aliphatic carbocycles. The minimum absolute atomic E-state index is 0.0916. The van der Waals surface area contributed by atoms with Crippen LogP contribution in [0.2, 0.25) is 10.0 Å². The van der Waals surface area contributed by atoms with Gasteiger partial charge in [0.2, 0.25) is 10.0 Å². The van der Waals surface area contributed by atoms with E-state index in [-0.39, 0.29) is 15.3 Å². The van der Waals surface area contributed by atoms with E-state index in [0.29, 0.717) is 36.9 Å². The molecule has 0 bridgehead atoms. The molecular weight excluding hydrogens is 361 g/mol. The molecule has 2 saturated heterocycles. The van der Waals surface area contributed by atoms with Crippen molar-refractivity contribution in [1.82, 2.24) is 4.31 Å². The second-order valence-corrected chi connectivity index (χ2v) is 9.50. The highest BCUT2D eigenvalue weighted by atomic mass is 35.5. The van der Waals surface area contributed by atoms with E-state index in [1.165, 1.54) is 16.4 Å². The van der Waals surface area contributed by atoms with Crippen molar-refractivity contribution in [2.24, 2.45) is 5.41 Å². The molecule has 0 radical (unpaired) electrons. The average molecular weight is 380 g/mol. The van der Waals surface area contributed by atoms with Crippen LogP contribution in [0.15, 0.2) is 17.0 Å². The quantitative estimate of drug-likeness (QED) is 0.791. The van der Waals surface area contributed by atoms with E-state index >= 15 is 0 Å². The number of aryl methyl sites for hydroxylation is 1. The monoisotopic (exact) mass is 379 g/mol. The molecule has 2 aliphatic heterocycles. The van der Waals surface area contributed by atoms with Crippen LogP contribution in [0.5, 0.6) is 0 Å². The third-order valence-corrected chi connectivity index (χ3v) is 6.97. The van der Waals surface area contributed by atoms with E-state index in [0.717, 1.165) is 0 Å². The summed E-state index contributed by atoms with van der Waals surface area (Å²) < 4.78 is 38.3. The second kappa shape index (κ2) is 5.58. The number of benzene rings is 1. The minimum Gasteiger partial charge on any atom is -0.350 e. The largest absolute Gasteiger partial charge is 0.350 e. The lowest BCUT2D eigenvalue weighted by Crippen LogP contribution is -2.65. The fourth-order valence-corrected chi connectivity index (χ4v) is 5.23. The van der Waals surface area contributed by atoms with Crippen molar-refractivity contribution >= 4 is 33.2 Å². The van der Waals surface area contributed by atoms with Crippen molar-refractivity contribution in [2.75, 3.05) is 26.3 Å². The molecule has 0 amide bonds. The van der Waals surface area contributed by atoms with Crippen LogP contribution in [-0.2, 0) is 19.5 Å². The van der Waals surface area contributed by atoms with E-state index in [4.69, 9.17) is 32.7 Å². The molecule has 2 fully saturated rings. The first-order valence-corrected chi connectivity index (χ1v) is 9.48. The molecular formula is C15H19Cl2NO4S. The van der Waals surface area contributed by atoms with Crippen molar-refractivity contribution in [3.8, 4) is 0 Å². The van der Waals surface area contributed by atoms with Gasteiger partial charge in [-0.1, -0.05) is 23.2 Å². The van der Waals surface area contributed by atoms with E-state index in [9.17, 15) is 8.42 Å². The number of hydrogen-bond acceptors (Lipinski definition) is 4. The fraction of sp³-hybridized carbons (Fsp3) is 0.600. The van der Waals surface area contributed by atoms with Crippen LogP contribution in [-0.4, -0.2) is 44.8 Å². The number of sulfonamides is 1. The zero-order valence-corrected chi connectivity index (χ0v) is 15.6. The summed E-state index contributed by atoms with van der Waals surface area (Å²) in [5, 5.41) is 0.587. The first-order valence-electron chi connectivity index (χ1n) is 7.28. The van der Waals surface area contributed by atoms with Crippen molar-refractivity contribution in [3.05, 3.63) is 27.7 Å². The minimum atomic E-state index is -3.64. The van der Waals surface area contributed by atoms with E-state index in [1.54, 1.807) is 6.92 Å². The molecule has 8 heteroatoms. The summed E-state index contributed by atoms with van der Waals surface area (Å²) in [5.74, 6) is -0.610. The van der Waals surface area contributed by atoms with Crippen molar-refractivity contribution < 1.29 is 17.9 Å². The molecule has 128 valence electrons. The number of ether oxygens (including phenoxy) is 2. The van der Waals surface area contributed by atoms with Crippen LogP contribution in [0, 0.1) is 12.3 Å². The predicted molar refractivity (Wildman–Crippen MR) is 88.4 cm³/mol. The van der Waals surface area contributed by atoms with Gasteiger partial charge in [-0.05, 0) is 38.5 Å². The Morgan fingerprint density at radius 2 is 1.65 bits per heavy atom. The van der Waals surface area contributed by atoms with E-state index < -0.39 is 15.8 Å². The summed E-state index contributed by atoms with van der Waals surface area (Å²) in [6.07, 6.45) is 0. The zero-order valence-electron chi connectivity index (χ0n) is 13.2. The molecule has 0 N–H and O–H groups in total. The van der Waals surface area contributed by atoms with Crippen molar-refractivity contribution in [1.29, 1.82) is 0 Å². The summed E-state index contributed by atoms with van der Waals surface area (Å²) in [7, 11) is -3.64. The Morgan fingerprint density at radius 1 is 1.09 bits per heavy atom. The predicted octanol–water partition coefficient (Wildman–Crippen LogP) is 3.08. The normalized spacial score (nSPS) is 23.7. The molecule has 3 rings (SSSR count). The van der Waals surface area contributed by atoms with Gasteiger partial charge in [0, 0.05) is 23.5 Å². The molecule has 0 unspecified atom stereocenters. The average Bonchev–Trinajstić information content (AvgIpc) is 2.40. The molecule has 1 spiro atoms. The van der Waals surface area contributed by atoms with Crippen LogP contribution < -0.4 is 0 Å². The molecule has 23 heavy (non-hydrogen) atoms. The summed E-state index contributed by atoms with van der Waals surface area (Å²) in [4.78, 5) is 0.0916. The summed E-state index contributed by atoms with van der Waals surface area (Å²) in [6, 6.07) is 2.98. The van der Waals surface area contributed by atoms with Gasteiger partial charge in [-0.15, -0.1) is 0 Å². The topological polar surface area (TPSA) is 55.8 Å². The van der Waals surface area contributed by atoms with Gasteiger partial charge >= 0.3 is 0 Å². The fourth-order valence-electron chi connectivity index (χ4n) is 2.76. The third-order valence-electron chi connectivity index (χ3n) is 4.31. The SMILES string of the molecule is Cc1cc(S(=O)(=O)N2CC3(COC(C)(C)OC3)C2)c(Cl)cc1Cl. The number of hydrogen-bond donors (Lipinski definition) is 0. The molecule has 0 atom stereocenters. The first kappa shape index (κ1) is 17.5. The Balaban J connectivity index is 1.78. The zero-order chi connectivity index (χ0) is 17.0. The highest BCUT2D eigenvalue weighted by Gasteiger charge is 2.52. The summed E-state index contributed by atoms with van der Waals surface area (Å²) in [5.41, 5.74) is 0.409. The summed E-state index contributed by atoms with van der Waals surface area (Å²) in [6.45, 7) is 7.15. The molecule has 1 aromatic carbocycles. The second-order valence-electron chi connectivity index (χ2n) is 6.78. The molecule has 2 heterocycles. The Hall–Kier alpha value is -0.370. The smallest absolute Gasteiger partial charge is 0.244 e. The molecule has 1 aromatic rings. The Kier molecular flexibility index (Phi) is 4.23. The van der Waals surface area contributed by atoms with E-state index in [2.05, 4.69) is 0 Å². The van der Waals surface area contributed by atoms with Crippen LogP contribution in [0.1, 0.15) is 19.4 Å². The van der Waals surface area contributed by atoms with Crippen LogP contribution in [0.25, 0.3) is 0 Å². The van der Waals surface area contributed by atoms with Gasteiger partial charge in [0.1, 0.15) is 4.90 Å². The maximum absolute atomic E-state index is 12.8. The molecule has 0 aromatic heterocycles. The molecule has 2 aliphatic rings. The summed E-state index contributed by atoms with van der Waals surface area (Å²) >= 11 is 12.1. The van der Waals surface area contributed by atoms with Gasteiger partial charge < -0.3 is 9.47 Å².